The molecular weight excluding hydrogens is 458 g/mol. The summed E-state index contributed by atoms with van der Waals surface area (Å²) in [6.07, 6.45) is 1.99. The van der Waals surface area contributed by atoms with Gasteiger partial charge in [0.15, 0.2) is 0 Å². The number of para-hydroxylation sites is 1. The van der Waals surface area contributed by atoms with Crippen LogP contribution in [0.5, 0.6) is 11.5 Å². The zero-order valence-corrected chi connectivity index (χ0v) is 20.4. The first-order chi connectivity index (χ1) is 17.4. The van der Waals surface area contributed by atoms with Crippen LogP contribution in [-0.2, 0) is 11.2 Å². The Morgan fingerprint density at radius 2 is 1.61 bits per heavy atom. The van der Waals surface area contributed by atoms with Crippen molar-refractivity contribution in [1.29, 1.82) is 0 Å². The van der Waals surface area contributed by atoms with E-state index in [1.54, 1.807) is 67.8 Å². The fraction of sp³-hybridized carbons (Fsp3) is 0.250. The van der Waals surface area contributed by atoms with E-state index in [2.05, 4.69) is 16.0 Å². The quantitative estimate of drug-likeness (QED) is 0.305. The van der Waals surface area contributed by atoms with E-state index in [0.29, 0.717) is 23.5 Å². The highest BCUT2D eigenvalue weighted by Crippen LogP contribution is 2.19. The number of nitrogens with one attached hydrogen (secondary N) is 3. The molecule has 0 spiro atoms. The van der Waals surface area contributed by atoms with Crippen molar-refractivity contribution in [2.45, 2.75) is 32.2 Å². The number of anilines is 1. The van der Waals surface area contributed by atoms with Crippen LogP contribution in [0.3, 0.4) is 0 Å². The van der Waals surface area contributed by atoms with Gasteiger partial charge in [-0.05, 0) is 60.5 Å². The highest BCUT2D eigenvalue weighted by molar-refractivity contribution is 6.09. The van der Waals surface area contributed by atoms with E-state index in [4.69, 9.17) is 4.74 Å². The molecule has 0 fully saturated rings. The van der Waals surface area contributed by atoms with Crippen LogP contribution in [-0.4, -0.2) is 42.5 Å². The topological polar surface area (TPSA) is 117 Å². The first-order valence-corrected chi connectivity index (χ1v) is 11.8. The highest BCUT2D eigenvalue weighted by Gasteiger charge is 2.23. The molecular formula is C28H31N3O5. The van der Waals surface area contributed by atoms with Gasteiger partial charge in [-0.1, -0.05) is 37.6 Å². The molecule has 0 aliphatic rings. The van der Waals surface area contributed by atoms with E-state index in [1.165, 1.54) is 12.1 Å². The van der Waals surface area contributed by atoms with Gasteiger partial charge in [-0.2, -0.15) is 0 Å². The van der Waals surface area contributed by atoms with Crippen molar-refractivity contribution in [1.82, 2.24) is 10.6 Å². The standard InChI is InChI=1S/C28H31N3O5/c1-3-4-17-29-28(35)25(18-19-9-13-21(32)14-10-19)31-27(34)23-7-5-6-8-24(23)30-26(33)20-11-15-22(36-2)16-12-20/h5-16,25,32H,3-4,17-18H2,1-2H3,(H,29,35)(H,30,33)(H,31,34)/t25-/m1/s1. The third kappa shape index (κ3) is 7.33. The van der Waals surface area contributed by atoms with Crippen molar-refractivity contribution in [3.05, 3.63) is 89.5 Å². The van der Waals surface area contributed by atoms with Crippen LogP contribution < -0.4 is 20.7 Å². The minimum atomic E-state index is -0.843. The summed E-state index contributed by atoms with van der Waals surface area (Å²) < 4.78 is 5.12. The summed E-state index contributed by atoms with van der Waals surface area (Å²) in [5.41, 5.74) is 1.75. The SMILES string of the molecule is CCCCNC(=O)[C@@H](Cc1ccc(O)cc1)NC(=O)c1ccccc1NC(=O)c1ccc(OC)cc1. The summed E-state index contributed by atoms with van der Waals surface area (Å²) in [4.78, 5) is 38.9. The first-order valence-electron chi connectivity index (χ1n) is 11.8. The lowest BCUT2D eigenvalue weighted by molar-refractivity contribution is -0.122. The van der Waals surface area contributed by atoms with Crippen LogP contribution in [0.1, 0.15) is 46.0 Å². The van der Waals surface area contributed by atoms with Gasteiger partial charge in [-0.3, -0.25) is 14.4 Å². The number of amides is 3. The number of carbonyl (C=O) groups excluding carboxylic acids is 3. The van der Waals surface area contributed by atoms with E-state index >= 15 is 0 Å². The zero-order chi connectivity index (χ0) is 25.9. The molecule has 8 nitrogen and oxygen atoms in total. The predicted molar refractivity (Wildman–Crippen MR) is 138 cm³/mol. The zero-order valence-electron chi connectivity index (χ0n) is 20.4. The summed E-state index contributed by atoms with van der Waals surface area (Å²) in [7, 11) is 1.54. The van der Waals surface area contributed by atoms with Crippen molar-refractivity contribution in [2.24, 2.45) is 0 Å². The second-order valence-electron chi connectivity index (χ2n) is 8.27. The molecule has 4 N–H and O–H groups in total. The van der Waals surface area contributed by atoms with Crippen LogP contribution in [0.15, 0.2) is 72.8 Å². The largest absolute Gasteiger partial charge is 0.508 e. The van der Waals surface area contributed by atoms with Crippen LogP contribution in [0, 0.1) is 0 Å². The number of phenolic OH excluding ortho intramolecular Hbond substituents is 1. The van der Waals surface area contributed by atoms with E-state index in [-0.39, 0.29) is 29.5 Å². The number of ether oxygens (including phenoxy) is 1. The molecule has 36 heavy (non-hydrogen) atoms. The molecule has 3 rings (SSSR count). The molecule has 3 aromatic carbocycles. The maximum atomic E-state index is 13.3. The molecule has 0 radical (unpaired) electrons. The van der Waals surface area contributed by atoms with Gasteiger partial charge in [-0.25, -0.2) is 0 Å². The molecule has 3 amide bonds. The molecule has 0 aromatic heterocycles. The summed E-state index contributed by atoms with van der Waals surface area (Å²) in [6.45, 7) is 2.53. The molecule has 0 heterocycles. The molecule has 0 saturated carbocycles. The molecule has 188 valence electrons. The number of methoxy groups -OCH3 is 1. The summed E-state index contributed by atoms with van der Waals surface area (Å²) in [5, 5.41) is 18.0. The van der Waals surface area contributed by atoms with Crippen molar-refractivity contribution in [2.75, 3.05) is 19.0 Å². The second-order valence-corrected chi connectivity index (χ2v) is 8.27. The van der Waals surface area contributed by atoms with Crippen LogP contribution in [0.4, 0.5) is 5.69 Å². The fourth-order valence-electron chi connectivity index (χ4n) is 3.55. The highest BCUT2D eigenvalue weighted by atomic mass is 16.5. The lowest BCUT2D eigenvalue weighted by Gasteiger charge is -2.20. The Labute approximate surface area is 210 Å². The van der Waals surface area contributed by atoms with Crippen molar-refractivity contribution in [3.8, 4) is 11.5 Å². The maximum Gasteiger partial charge on any atom is 0.255 e. The molecule has 1 atom stereocenters. The number of benzene rings is 3. The van der Waals surface area contributed by atoms with Crippen molar-refractivity contribution >= 4 is 23.4 Å². The lowest BCUT2D eigenvalue weighted by atomic mass is 10.0. The molecule has 3 aromatic rings. The molecule has 0 saturated heterocycles. The number of phenols is 1. The van der Waals surface area contributed by atoms with Crippen LogP contribution in [0.2, 0.25) is 0 Å². The number of hydrogen-bond donors (Lipinski definition) is 4. The summed E-state index contributed by atoms with van der Waals surface area (Å²) in [5.74, 6) is -0.424. The smallest absolute Gasteiger partial charge is 0.255 e. The molecule has 0 aliphatic carbocycles. The van der Waals surface area contributed by atoms with Gasteiger partial charge in [0, 0.05) is 18.5 Å². The third-order valence-corrected chi connectivity index (χ3v) is 5.60. The Morgan fingerprint density at radius 3 is 2.28 bits per heavy atom. The summed E-state index contributed by atoms with van der Waals surface area (Å²) in [6, 6.07) is 18.9. The van der Waals surface area contributed by atoms with Crippen LogP contribution >= 0.6 is 0 Å². The van der Waals surface area contributed by atoms with Crippen LogP contribution in [0.25, 0.3) is 0 Å². The minimum absolute atomic E-state index is 0.119. The number of hydrogen-bond acceptors (Lipinski definition) is 5. The second kappa shape index (κ2) is 12.9. The molecule has 0 unspecified atom stereocenters. The van der Waals surface area contributed by atoms with E-state index in [1.807, 2.05) is 6.92 Å². The first kappa shape index (κ1) is 26.3. The monoisotopic (exact) mass is 489 g/mol. The Hall–Kier alpha value is -4.33. The van der Waals surface area contributed by atoms with Crippen molar-refractivity contribution < 1.29 is 24.2 Å². The number of rotatable bonds is 11. The van der Waals surface area contributed by atoms with Gasteiger partial charge in [0.05, 0.1) is 18.4 Å². The predicted octanol–water partition coefficient (Wildman–Crippen LogP) is 3.91. The fourth-order valence-corrected chi connectivity index (χ4v) is 3.55. The normalized spacial score (nSPS) is 11.3. The van der Waals surface area contributed by atoms with Gasteiger partial charge >= 0.3 is 0 Å². The average Bonchev–Trinajstić information content (AvgIpc) is 2.89. The summed E-state index contributed by atoms with van der Waals surface area (Å²) >= 11 is 0. The van der Waals surface area contributed by atoms with E-state index in [9.17, 15) is 19.5 Å². The van der Waals surface area contributed by atoms with Gasteiger partial charge in [0.25, 0.3) is 11.8 Å². The Bertz CT molecular complexity index is 1180. The third-order valence-electron chi connectivity index (χ3n) is 5.60. The van der Waals surface area contributed by atoms with Gasteiger partial charge in [0.2, 0.25) is 5.91 Å². The van der Waals surface area contributed by atoms with Crippen molar-refractivity contribution in [3.63, 3.8) is 0 Å². The molecule has 0 bridgehead atoms. The Balaban J connectivity index is 1.77. The van der Waals surface area contributed by atoms with E-state index < -0.39 is 11.9 Å². The van der Waals surface area contributed by atoms with Gasteiger partial charge < -0.3 is 25.8 Å². The lowest BCUT2D eigenvalue weighted by Crippen LogP contribution is -2.48. The maximum absolute atomic E-state index is 13.3. The molecule has 0 aliphatic heterocycles. The van der Waals surface area contributed by atoms with E-state index in [0.717, 1.165) is 18.4 Å². The Morgan fingerprint density at radius 1 is 0.917 bits per heavy atom. The number of aromatic hydroxyl groups is 1. The number of unbranched alkanes of at least 4 members (excludes halogenated alkanes) is 1. The minimum Gasteiger partial charge on any atom is -0.508 e. The van der Waals surface area contributed by atoms with Gasteiger partial charge in [-0.15, -0.1) is 0 Å². The average molecular weight is 490 g/mol. The number of carbonyl (C=O) groups is 3. The molecule has 8 heteroatoms. The van der Waals surface area contributed by atoms with Gasteiger partial charge in [0.1, 0.15) is 17.5 Å². The Kier molecular flexibility index (Phi) is 9.45.